The fraction of sp³-hybridized carbons (Fsp3) is 0.533. The second-order valence-electron chi connectivity index (χ2n) is 5.07. The summed E-state index contributed by atoms with van der Waals surface area (Å²) in [4.78, 5) is 13.1. The van der Waals surface area contributed by atoms with Crippen molar-refractivity contribution in [2.75, 3.05) is 19.4 Å². The van der Waals surface area contributed by atoms with E-state index in [9.17, 15) is 4.79 Å². The molecular weight excluding hydrogens is 270 g/mol. The van der Waals surface area contributed by atoms with Gasteiger partial charge in [0.25, 0.3) is 5.91 Å². The first kappa shape index (κ1) is 15.2. The molecule has 2 rings (SSSR count). The van der Waals surface area contributed by atoms with Crippen LogP contribution in [0.2, 0.25) is 0 Å². The molecule has 5 heteroatoms. The number of carbonyl (C=O) groups is 1. The first-order valence-electron chi connectivity index (χ1n) is 7.21. The summed E-state index contributed by atoms with van der Waals surface area (Å²) in [6.07, 6.45) is 6.28. The van der Waals surface area contributed by atoms with Crippen molar-refractivity contribution < 1.29 is 4.79 Å². The molecule has 0 heterocycles. The van der Waals surface area contributed by atoms with Gasteiger partial charge in [-0.2, -0.15) is 0 Å². The van der Waals surface area contributed by atoms with Crippen LogP contribution < -0.4 is 15.4 Å². The van der Waals surface area contributed by atoms with E-state index in [4.69, 9.17) is 0 Å². The summed E-state index contributed by atoms with van der Waals surface area (Å²) < 4.78 is 3.03. The Morgan fingerprint density at radius 2 is 1.95 bits per heavy atom. The van der Waals surface area contributed by atoms with E-state index >= 15 is 0 Å². The van der Waals surface area contributed by atoms with Gasteiger partial charge in [-0.15, -0.1) is 0 Å². The predicted molar refractivity (Wildman–Crippen MR) is 85.2 cm³/mol. The van der Waals surface area contributed by atoms with Crippen molar-refractivity contribution in [2.45, 2.75) is 43.0 Å². The van der Waals surface area contributed by atoms with Gasteiger partial charge in [-0.25, -0.2) is 0 Å². The van der Waals surface area contributed by atoms with E-state index in [2.05, 4.69) is 15.4 Å². The summed E-state index contributed by atoms with van der Waals surface area (Å²) in [6.45, 7) is 0. The van der Waals surface area contributed by atoms with Crippen molar-refractivity contribution >= 4 is 23.5 Å². The Morgan fingerprint density at radius 1 is 1.20 bits per heavy atom. The van der Waals surface area contributed by atoms with Gasteiger partial charge in [0, 0.05) is 23.7 Å². The number of carbonyl (C=O) groups excluding carboxylic acids is 1. The van der Waals surface area contributed by atoms with E-state index in [1.165, 1.54) is 44.1 Å². The number of nitrogens with one attached hydrogen (secondary N) is 3. The van der Waals surface area contributed by atoms with Crippen molar-refractivity contribution in [1.29, 1.82) is 0 Å². The van der Waals surface area contributed by atoms with Gasteiger partial charge >= 0.3 is 0 Å². The summed E-state index contributed by atoms with van der Waals surface area (Å²) in [6, 6.07) is 6.48. The maximum atomic E-state index is 12.1. The normalized spacial score (nSPS) is 15.9. The predicted octanol–water partition coefficient (Wildman–Crippen LogP) is 3.02. The SMILES string of the molecule is CNSc1ccc(NC2CCCCC2)c(C(=O)NC)c1. The minimum atomic E-state index is -0.0399. The second-order valence-corrected chi connectivity index (χ2v) is 6.16. The lowest BCUT2D eigenvalue weighted by Crippen LogP contribution is -2.25. The van der Waals surface area contributed by atoms with Crippen LogP contribution in [0.4, 0.5) is 5.69 Å². The summed E-state index contributed by atoms with van der Waals surface area (Å²) in [5.74, 6) is -0.0399. The van der Waals surface area contributed by atoms with Crippen LogP contribution in [-0.4, -0.2) is 26.0 Å². The molecule has 0 saturated heterocycles. The molecule has 1 aliphatic rings. The Balaban J connectivity index is 2.18. The highest BCUT2D eigenvalue weighted by molar-refractivity contribution is 7.97. The van der Waals surface area contributed by atoms with Crippen molar-refractivity contribution in [3.05, 3.63) is 23.8 Å². The molecule has 1 aromatic rings. The number of hydrogen-bond donors (Lipinski definition) is 3. The minimum Gasteiger partial charge on any atom is -0.382 e. The van der Waals surface area contributed by atoms with E-state index in [-0.39, 0.29) is 5.91 Å². The lowest BCUT2D eigenvalue weighted by atomic mass is 9.95. The number of anilines is 1. The molecule has 1 saturated carbocycles. The zero-order chi connectivity index (χ0) is 14.4. The molecule has 0 atom stereocenters. The Morgan fingerprint density at radius 3 is 2.60 bits per heavy atom. The third-order valence-corrected chi connectivity index (χ3v) is 4.34. The number of amides is 1. The Kier molecular flexibility index (Phi) is 5.73. The summed E-state index contributed by atoms with van der Waals surface area (Å²) in [5, 5.41) is 6.26. The second kappa shape index (κ2) is 7.55. The van der Waals surface area contributed by atoms with Crippen LogP contribution in [0.3, 0.4) is 0 Å². The molecule has 3 N–H and O–H groups in total. The highest BCUT2D eigenvalue weighted by Crippen LogP contribution is 2.27. The van der Waals surface area contributed by atoms with Crippen LogP contribution in [0.5, 0.6) is 0 Å². The monoisotopic (exact) mass is 293 g/mol. The van der Waals surface area contributed by atoms with Crippen molar-refractivity contribution in [1.82, 2.24) is 10.0 Å². The minimum absolute atomic E-state index is 0.0399. The van der Waals surface area contributed by atoms with Crippen LogP contribution in [-0.2, 0) is 0 Å². The molecule has 0 aliphatic heterocycles. The average molecular weight is 293 g/mol. The van der Waals surface area contributed by atoms with Crippen molar-refractivity contribution in [2.24, 2.45) is 0 Å². The standard InChI is InChI=1S/C15H23N3OS/c1-16-15(19)13-10-12(20-17-2)8-9-14(13)18-11-6-4-3-5-7-11/h8-11,17-18H,3-7H2,1-2H3,(H,16,19). The van der Waals surface area contributed by atoms with Crippen LogP contribution in [0.1, 0.15) is 42.5 Å². The molecule has 1 aromatic carbocycles. The molecule has 0 aromatic heterocycles. The van der Waals surface area contributed by atoms with Gasteiger partial charge in [0.1, 0.15) is 0 Å². The maximum Gasteiger partial charge on any atom is 0.253 e. The van der Waals surface area contributed by atoms with Gasteiger partial charge in [0.2, 0.25) is 0 Å². The molecule has 0 unspecified atom stereocenters. The highest BCUT2D eigenvalue weighted by Gasteiger charge is 2.17. The van der Waals surface area contributed by atoms with E-state index in [1.807, 2.05) is 25.2 Å². The third kappa shape index (κ3) is 3.90. The molecular formula is C15H23N3OS. The molecule has 0 radical (unpaired) electrons. The molecule has 1 aliphatic carbocycles. The van der Waals surface area contributed by atoms with Crippen LogP contribution >= 0.6 is 11.9 Å². The molecule has 20 heavy (non-hydrogen) atoms. The first-order valence-corrected chi connectivity index (χ1v) is 8.02. The highest BCUT2D eigenvalue weighted by atomic mass is 32.2. The van der Waals surface area contributed by atoms with Gasteiger partial charge in [-0.3, -0.25) is 9.52 Å². The zero-order valence-corrected chi connectivity index (χ0v) is 13.0. The molecule has 1 amide bonds. The van der Waals surface area contributed by atoms with E-state index in [0.717, 1.165) is 16.1 Å². The molecule has 0 spiro atoms. The fourth-order valence-electron chi connectivity index (χ4n) is 2.62. The average Bonchev–Trinajstić information content (AvgIpc) is 2.49. The van der Waals surface area contributed by atoms with Crippen LogP contribution in [0.15, 0.2) is 23.1 Å². The Bertz CT molecular complexity index is 458. The van der Waals surface area contributed by atoms with Crippen LogP contribution in [0, 0.1) is 0 Å². The summed E-state index contributed by atoms with van der Waals surface area (Å²) in [7, 11) is 3.54. The smallest absolute Gasteiger partial charge is 0.253 e. The molecule has 110 valence electrons. The quantitative estimate of drug-likeness (QED) is 0.731. The Labute approximate surface area is 125 Å². The largest absolute Gasteiger partial charge is 0.382 e. The van der Waals surface area contributed by atoms with E-state index in [1.54, 1.807) is 7.05 Å². The fourth-order valence-corrected chi connectivity index (χ4v) is 3.17. The molecule has 1 fully saturated rings. The number of rotatable bonds is 5. The number of hydrogen-bond acceptors (Lipinski definition) is 4. The van der Waals surface area contributed by atoms with E-state index in [0.29, 0.717) is 6.04 Å². The third-order valence-electron chi connectivity index (χ3n) is 3.65. The lowest BCUT2D eigenvalue weighted by molar-refractivity contribution is 0.0963. The van der Waals surface area contributed by atoms with Gasteiger partial charge in [0.05, 0.1) is 5.56 Å². The molecule has 4 nitrogen and oxygen atoms in total. The maximum absolute atomic E-state index is 12.1. The summed E-state index contributed by atoms with van der Waals surface area (Å²) in [5.41, 5.74) is 1.66. The first-order chi connectivity index (χ1) is 9.74. The van der Waals surface area contributed by atoms with E-state index < -0.39 is 0 Å². The molecule has 0 bridgehead atoms. The van der Waals surface area contributed by atoms with Crippen LogP contribution in [0.25, 0.3) is 0 Å². The zero-order valence-electron chi connectivity index (χ0n) is 12.2. The van der Waals surface area contributed by atoms with Gasteiger partial charge in [-0.1, -0.05) is 19.3 Å². The van der Waals surface area contributed by atoms with Gasteiger partial charge in [0.15, 0.2) is 0 Å². The lowest BCUT2D eigenvalue weighted by Gasteiger charge is -2.25. The number of benzene rings is 1. The Hall–Kier alpha value is -1.20. The van der Waals surface area contributed by atoms with Gasteiger partial charge in [-0.05, 0) is 50.0 Å². The van der Waals surface area contributed by atoms with Crippen molar-refractivity contribution in [3.8, 4) is 0 Å². The topological polar surface area (TPSA) is 53.2 Å². The van der Waals surface area contributed by atoms with Gasteiger partial charge < -0.3 is 10.6 Å². The van der Waals surface area contributed by atoms with Crippen molar-refractivity contribution in [3.63, 3.8) is 0 Å². The summed E-state index contributed by atoms with van der Waals surface area (Å²) >= 11 is 1.51.